The third-order valence-corrected chi connectivity index (χ3v) is 5.84. The monoisotopic (exact) mass is 318 g/mol. The number of rotatable bonds is 4. The number of hydrogen-bond acceptors (Lipinski definition) is 4. The lowest BCUT2D eigenvalue weighted by atomic mass is 10.1. The van der Waals surface area contributed by atoms with Gasteiger partial charge in [0.2, 0.25) is 17.7 Å². The van der Waals surface area contributed by atoms with E-state index < -0.39 is 6.04 Å². The standard InChI is InChI=1S/C16H18N2O3S/c1-8-2-5-13(22-8)10-6-11(10)16(21)18(9-3-4-9)12-7-14(19)17-15(12)20/h2,5,9-12H,3-4,6-7H2,1H3,(H,17,19,20)/t10-,11+,12-/m1/s1. The number of carbonyl (C=O) groups is 3. The Balaban J connectivity index is 1.51. The fraction of sp³-hybridized carbons (Fsp3) is 0.562. The summed E-state index contributed by atoms with van der Waals surface area (Å²) in [7, 11) is 0. The van der Waals surface area contributed by atoms with Crippen LogP contribution in [0.25, 0.3) is 0 Å². The molecular formula is C16H18N2O3S. The predicted molar refractivity (Wildman–Crippen MR) is 81.3 cm³/mol. The second kappa shape index (κ2) is 4.91. The summed E-state index contributed by atoms with van der Waals surface area (Å²) in [5.74, 6) is -0.229. The Bertz CT molecular complexity index is 664. The molecule has 1 aromatic rings. The molecule has 0 radical (unpaired) electrons. The van der Waals surface area contributed by atoms with Gasteiger partial charge in [-0.1, -0.05) is 0 Å². The van der Waals surface area contributed by atoms with Gasteiger partial charge in [0, 0.05) is 27.6 Å². The average Bonchev–Trinajstić information content (AvgIpc) is 3.36. The Labute approximate surface area is 132 Å². The molecule has 6 heteroatoms. The van der Waals surface area contributed by atoms with Crippen molar-refractivity contribution in [3.8, 4) is 0 Å². The molecule has 1 N–H and O–H groups in total. The van der Waals surface area contributed by atoms with E-state index in [-0.39, 0.29) is 36.1 Å². The highest BCUT2D eigenvalue weighted by Gasteiger charge is 2.52. The van der Waals surface area contributed by atoms with Crippen LogP contribution in [0.3, 0.4) is 0 Å². The van der Waals surface area contributed by atoms with E-state index in [1.165, 1.54) is 9.75 Å². The topological polar surface area (TPSA) is 66.5 Å². The molecular weight excluding hydrogens is 300 g/mol. The molecule has 0 bridgehead atoms. The van der Waals surface area contributed by atoms with E-state index >= 15 is 0 Å². The molecule has 5 nitrogen and oxygen atoms in total. The largest absolute Gasteiger partial charge is 0.327 e. The van der Waals surface area contributed by atoms with Crippen molar-refractivity contribution in [1.82, 2.24) is 10.2 Å². The number of thiophene rings is 1. The zero-order chi connectivity index (χ0) is 15.4. The number of nitrogens with one attached hydrogen (secondary N) is 1. The molecule has 3 fully saturated rings. The van der Waals surface area contributed by atoms with Crippen molar-refractivity contribution in [2.75, 3.05) is 0 Å². The van der Waals surface area contributed by atoms with E-state index in [1.54, 1.807) is 16.2 Å². The van der Waals surface area contributed by atoms with Crippen LogP contribution in [0, 0.1) is 12.8 Å². The van der Waals surface area contributed by atoms with E-state index in [9.17, 15) is 14.4 Å². The molecule has 0 unspecified atom stereocenters. The summed E-state index contributed by atoms with van der Waals surface area (Å²) in [6.45, 7) is 2.07. The zero-order valence-corrected chi connectivity index (χ0v) is 13.2. The van der Waals surface area contributed by atoms with Crippen LogP contribution in [0.4, 0.5) is 0 Å². The van der Waals surface area contributed by atoms with Gasteiger partial charge in [-0.3, -0.25) is 19.7 Å². The van der Waals surface area contributed by atoms with Crippen LogP contribution in [0.1, 0.15) is 41.4 Å². The maximum Gasteiger partial charge on any atom is 0.249 e. The van der Waals surface area contributed by atoms with Gasteiger partial charge in [0.1, 0.15) is 6.04 Å². The molecule has 3 aliphatic rings. The normalized spacial score (nSPS) is 30.3. The number of amides is 3. The smallest absolute Gasteiger partial charge is 0.249 e. The molecule has 116 valence electrons. The summed E-state index contributed by atoms with van der Waals surface area (Å²) < 4.78 is 0. The number of nitrogens with zero attached hydrogens (tertiary/aromatic N) is 1. The Morgan fingerprint density at radius 3 is 2.64 bits per heavy atom. The highest BCUT2D eigenvalue weighted by atomic mass is 32.1. The van der Waals surface area contributed by atoms with Gasteiger partial charge in [0.15, 0.2) is 0 Å². The van der Waals surface area contributed by atoms with Crippen molar-refractivity contribution in [3.05, 3.63) is 21.9 Å². The summed E-state index contributed by atoms with van der Waals surface area (Å²) >= 11 is 1.74. The zero-order valence-electron chi connectivity index (χ0n) is 12.4. The van der Waals surface area contributed by atoms with Crippen LogP contribution in [0.5, 0.6) is 0 Å². The molecule has 1 aliphatic heterocycles. The van der Waals surface area contributed by atoms with Gasteiger partial charge < -0.3 is 4.90 Å². The first kappa shape index (κ1) is 13.9. The molecule has 2 aliphatic carbocycles. The highest BCUT2D eigenvalue weighted by molar-refractivity contribution is 7.12. The highest BCUT2D eigenvalue weighted by Crippen LogP contribution is 2.51. The molecule has 2 saturated carbocycles. The Morgan fingerprint density at radius 1 is 1.32 bits per heavy atom. The van der Waals surface area contributed by atoms with Crippen LogP contribution >= 0.6 is 11.3 Å². The first-order chi connectivity index (χ1) is 10.5. The van der Waals surface area contributed by atoms with Crippen molar-refractivity contribution in [2.45, 2.75) is 50.6 Å². The Hall–Kier alpha value is -1.69. The number of imide groups is 1. The SMILES string of the molecule is Cc1ccc([C@@H]2C[C@@H]2C(=O)N(C2CC2)[C@@H]2CC(=O)NC2=O)s1. The van der Waals surface area contributed by atoms with Crippen LogP contribution in [-0.2, 0) is 14.4 Å². The second-order valence-corrected chi connectivity index (χ2v) is 7.83. The fourth-order valence-electron chi connectivity index (χ4n) is 3.33. The minimum absolute atomic E-state index is 0.0119. The minimum atomic E-state index is -0.584. The first-order valence-corrected chi connectivity index (χ1v) is 8.58. The van der Waals surface area contributed by atoms with Crippen molar-refractivity contribution >= 4 is 29.1 Å². The van der Waals surface area contributed by atoms with Gasteiger partial charge in [-0.05, 0) is 38.3 Å². The lowest BCUT2D eigenvalue weighted by molar-refractivity contribution is -0.140. The van der Waals surface area contributed by atoms with E-state index in [1.807, 2.05) is 0 Å². The van der Waals surface area contributed by atoms with Crippen LogP contribution < -0.4 is 5.32 Å². The van der Waals surface area contributed by atoms with Crippen molar-refractivity contribution < 1.29 is 14.4 Å². The summed E-state index contributed by atoms with van der Waals surface area (Å²) in [5.41, 5.74) is 0. The van der Waals surface area contributed by atoms with E-state index in [0.29, 0.717) is 5.92 Å². The third-order valence-electron chi connectivity index (χ3n) is 4.71. The van der Waals surface area contributed by atoms with Gasteiger partial charge in [-0.2, -0.15) is 0 Å². The molecule has 0 aromatic carbocycles. The van der Waals surface area contributed by atoms with E-state index in [2.05, 4.69) is 24.4 Å². The van der Waals surface area contributed by atoms with Crippen LogP contribution in [0.2, 0.25) is 0 Å². The first-order valence-electron chi connectivity index (χ1n) is 7.77. The summed E-state index contributed by atoms with van der Waals surface area (Å²) in [5, 5.41) is 2.32. The van der Waals surface area contributed by atoms with Crippen molar-refractivity contribution in [1.29, 1.82) is 0 Å². The van der Waals surface area contributed by atoms with Gasteiger partial charge >= 0.3 is 0 Å². The fourth-order valence-corrected chi connectivity index (χ4v) is 4.39. The lowest BCUT2D eigenvalue weighted by Gasteiger charge is -2.27. The molecule has 1 aromatic heterocycles. The molecule has 22 heavy (non-hydrogen) atoms. The van der Waals surface area contributed by atoms with E-state index in [0.717, 1.165) is 19.3 Å². The second-order valence-electron chi connectivity index (χ2n) is 6.51. The molecule has 3 atom stereocenters. The van der Waals surface area contributed by atoms with Gasteiger partial charge in [-0.25, -0.2) is 0 Å². The van der Waals surface area contributed by atoms with Gasteiger partial charge in [-0.15, -0.1) is 11.3 Å². The minimum Gasteiger partial charge on any atom is -0.327 e. The molecule has 4 rings (SSSR count). The Morgan fingerprint density at radius 2 is 2.09 bits per heavy atom. The number of aryl methyl sites for hydroxylation is 1. The summed E-state index contributed by atoms with van der Waals surface area (Å²) in [6, 6.07) is 3.76. The number of hydrogen-bond donors (Lipinski definition) is 1. The summed E-state index contributed by atoms with van der Waals surface area (Å²) in [4.78, 5) is 40.5. The molecule has 1 saturated heterocycles. The quantitative estimate of drug-likeness (QED) is 0.857. The van der Waals surface area contributed by atoms with Gasteiger partial charge in [0.25, 0.3) is 0 Å². The lowest BCUT2D eigenvalue weighted by Crippen LogP contribution is -2.46. The maximum absolute atomic E-state index is 12.9. The maximum atomic E-state index is 12.9. The Kier molecular flexibility index (Phi) is 3.11. The van der Waals surface area contributed by atoms with Crippen molar-refractivity contribution in [3.63, 3.8) is 0 Å². The summed E-state index contributed by atoms with van der Waals surface area (Å²) in [6.07, 6.45) is 2.87. The molecule has 2 heterocycles. The van der Waals surface area contributed by atoms with Crippen LogP contribution in [0.15, 0.2) is 12.1 Å². The van der Waals surface area contributed by atoms with Crippen LogP contribution in [-0.4, -0.2) is 34.7 Å². The average molecular weight is 318 g/mol. The van der Waals surface area contributed by atoms with Crippen molar-refractivity contribution in [2.24, 2.45) is 5.92 Å². The number of carbonyl (C=O) groups excluding carboxylic acids is 3. The molecule has 3 amide bonds. The predicted octanol–water partition coefficient (Wildman–Crippen LogP) is 1.57. The molecule has 0 spiro atoms. The van der Waals surface area contributed by atoms with Gasteiger partial charge in [0.05, 0.1) is 6.42 Å². The third kappa shape index (κ3) is 2.35. The van der Waals surface area contributed by atoms with E-state index in [4.69, 9.17) is 0 Å².